The van der Waals surface area contributed by atoms with Crippen molar-refractivity contribution in [3.05, 3.63) is 28.2 Å². The average molecular weight is 289 g/mol. The number of hydrogen-bond acceptors (Lipinski definition) is 3. The first kappa shape index (κ1) is 13.5. The highest BCUT2D eigenvalue weighted by Gasteiger charge is 2.16. The lowest BCUT2D eigenvalue weighted by Crippen LogP contribution is -2.43. The van der Waals surface area contributed by atoms with Crippen LogP contribution in [0.25, 0.3) is 0 Å². The van der Waals surface area contributed by atoms with E-state index in [0.29, 0.717) is 36.3 Å². The van der Waals surface area contributed by atoms with Crippen LogP contribution in [-0.4, -0.2) is 43.7 Å². The van der Waals surface area contributed by atoms with Gasteiger partial charge >= 0.3 is 0 Å². The molecular weight excluding hydrogens is 275 g/mol. The number of amides is 1. The maximum absolute atomic E-state index is 11.9. The molecule has 1 aromatic carbocycles. The molecule has 1 aromatic rings. The minimum Gasteiger partial charge on any atom is -0.378 e. The number of anilines is 1. The van der Waals surface area contributed by atoms with Crippen LogP contribution in [-0.2, 0) is 9.53 Å². The first-order chi connectivity index (χ1) is 8.65. The molecule has 6 heteroatoms. The fraction of sp³-hybridized carbons (Fsp3) is 0.417. The Morgan fingerprint density at radius 2 is 1.83 bits per heavy atom. The van der Waals surface area contributed by atoms with Crippen molar-refractivity contribution in [2.45, 2.75) is 0 Å². The molecular formula is C12H14Cl2N2O2. The fourth-order valence-electron chi connectivity index (χ4n) is 1.76. The molecule has 98 valence electrons. The van der Waals surface area contributed by atoms with E-state index in [1.54, 1.807) is 23.1 Å². The Kier molecular flexibility index (Phi) is 4.69. The zero-order valence-corrected chi connectivity index (χ0v) is 11.3. The maximum Gasteiger partial charge on any atom is 0.242 e. The van der Waals surface area contributed by atoms with Crippen LogP contribution < -0.4 is 5.32 Å². The molecule has 0 radical (unpaired) electrons. The summed E-state index contributed by atoms with van der Waals surface area (Å²) in [6.45, 7) is 2.74. The Hall–Kier alpha value is -0.970. The van der Waals surface area contributed by atoms with Crippen molar-refractivity contribution in [3.8, 4) is 0 Å². The number of ether oxygens (including phenoxy) is 1. The third-order valence-corrected chi connectivity index (χ3v) is 3.11. The van der Waals surface area contributed by atoms with Gasteiger partial charge in [0.1, 0.15) is 0 Å². The second kappa shape index (κ2) is 6.27. The van der Waals surface area contributed by atoms with E-state index in [-0.39, 0.29) is 12.5 Å². The van der Waals surface area contributed by atoms with Gasteiger partial charge in [-0.1, -0.05) is 23.2 Å². The van der Waals surface area contributed by atoms with Gasteiger partial charge in [0, 0.05) is 28.8 Å². The van der Waals surface area contributed by atoms with E-state index in [1.807, 2.05) is 0 Å². The quantitative estimate of drug-likeness (QED) is 0.928. The molecule has 0 unspecified atom stereocenters. The standard InChI is InChI=1S/C12H14Cl2N2O2/c13-9-5-10(14)7-11(6-9)15-8-12(17)16-1-3-18-4-2-16/h5-7,15H,1-4,8H2. The molecule has 0 bridgehead atoms. The summed E-state index contributed by atoms with van der Waals surface area (Å²) in [6, 6.07) is 5.12. The van der Waals surface area contributed by atoms with Crippen LogP contribution in [0.4, 0.5) is 5.69 Å². The molecule has 1 N–H and O–H groups in total. The molecule has 0 aliphatic carbocycles. The minimum absolute atomic E-state index is 0.0504. The monoisotopic (exact) mass is 288 g/mol. The van der Waals surface area contributed by atoms with Gasteiger partial charge in [-0.3, -0.25) is 4.79 Å². The van der Waals surface area contributed by atoms with Gasteiger partial charge < -0.3 is 15.0 Å². The normalized spacial score (nSPS) is 15.6. The first-order valence-electron chi connectivity index (χ1n) is 5.70. The number of nitrogens with one attached hydrogen (secondary N) is 1. The minimum atomic E-state index is 0.0504. The first-order valence-corrected chi connectivity index (χ1v) is 6.46. The maximum atomic E-state index is 11.9. The van der Waals surface area contributed by atoms with Crippen LogP contribution in [0.5, 0.6) is 0 Å². The van der Waals surface area contributed by atoms with Crippen molar-refractivity contribution >= 4 is 34.8 Å². The lowest BCUT2D eigenvalue weighted by atomic mass is 10.3. The number of carbonyl (C=O) groups excluding carboxylic acids is 1. The van der Waals surface area contributed by atoms with Crippen molar-refractivity contribution in [3.63, 3.8) is 0 Å². The number of morpholine rings is 1. The predicted molar refractivity (Wildman–Crippen MR) is 72.4 cm³/mol. The van der Waals surface area contributed by atoms with Gasteiger partial charge in [0.2, 0.25) is 5.91 Å². The summed E-state index contributed by atoms with van der Waals surface area (Å²) in [4.78, 5) is 13.7. The largest absolute Gasteiger partial charge is 0.378 e. The van der Waals surface area contributed by atoms with Crippen molar-refractivity contribution in [2.75, 3.05) is 38.2 Å². The summed E-state index contributed by atoms with van der Waals surface area (Å²) in [5, 5.41) is 4.11. The van der Waals surface area contributed by atoms with Crippen LogP contribution in [0.3, 0.4) is 0 Å². The third-order valence-electron chi connectivity index (χ3n) is 2.67. The van der Waals surface area contributed by atoms with Gasteiger partial charge in [0.15, 0.2) is 0 Å². The second-order valence-corrected chi connectivity index (χ2v) is 4.88. The molecule has 18 heavy (non-hydrogen) atoms. The number of hydrogen-bond donors (Lipinski definition) is 1. The molecule has 0 aromatic heterocycles. The molecule has 1 saturated heterocycles. The highest BCUT2D eigenvalue weighted by molar-refractivity contribution is 6.35. The molecule has 0 atom stereocenters. The number of halogens is 2. The zero-order chi connectivity index (χ0) is 13.0. The molecule has 1 heterocycles. The van der Waals surface area contributed by atoms with Crippen molar-refractivity contribution < 1.29 is 9.53 Å². The Bertz CT molecular complexity index is 414. The number of nitrogens with zero attached hydrogens (tertiary/aromatic N) is 1. The highest BCUT2D eigenvalue weighted by atomic mass is 35.5. The smallest absolute Gasteiger partial charge is 0.242 e. The summed E-state index contributed by atoms with van der Waals surface area (Å²) in [5.74, 6) is 0.0504. The fourth-order valence-corrected chi connectivity index (χ4v) is 2.28. The number of carbonyl (C=O) groups is 1. The van der Waals surface area contributed by atoms with Crippen molar-refractivity contribution in [1.29, 1.82) is 0 Å². The Balaban J connectivity index is 1.88. The lowest BCUT2D eigenvalue weighted by Gasteiger charge is -2.27. The summed E-state index contributed by atoms with van der Waals surface area (Å²) >= 11 is 11.8. The van der Waals surface area contributed by atoms with Crippen LogP contribution in [0.2, 0.25) is 10.0 Å². The molecule has 1 aliphatic rings. The second-order valence-electron chi connectivity index (χ2n) is 4.00. The SMILES string of the molecule is O=C(CNc1cc(Cl)cc(Cl)c1)N1CCOCC1. The van der Waals surface area contributed by atoms with Crippen LogP contribution >= 0.6 is 23.2 Å². The topological polar surface area (TPSA) is 41.6 Å². The van der Waals surface area contributed by atoms with Gasteiger partial charge in [0.05, 0.1) is 19.8 Å². The van der Waals surface area contributed by atoms with Gasteiger partial charge in [-0.15, -0.1) is 0 Å². The Morgan fingerprint density at radius 1 is 1.22 bits per heavy atom. The zero-order valence-electron chi connectivity index (χ0n) is 9.79. The van der Waals surface area contributed by atoms with E-state index in [9.17, 15) is 4.79 Å². The summed E-state index contributed by atoms with van der Waals surface area (Å²) < 4.78 is 5.19. The number of benzene rings is 1. The van der Waals surface area contributed by atoms with E-state index in [4.69, 9.17) is 27.9 Å². The van der Waals surface area contributed by atoms with E-state index in [1.165, 1.54) is 0 Å². The molecule has 0 saturated carbocycles. The van der Waals surface area contributed by atoms with E-state index in [0.717, 1.165) is 5.69 Å². The molecule has 1 amide bonds. The molecule has 2 rings (SSSR count). The van der Waals surface area contributed by atoms with Gasteiger partial charge in [-0.2, -0.15) is 0 Å². The molecule has 1 aliphatic heterocycles. The van der Waals surface area contributed by atoms with Crippen molar-refractivity contribution in [1.82, 2.24) is 4.90 Å². The lowest BCUT2D eigenvalue weighted by molar-refractivity contribution is -0.133. The summed E-state index contributed by atoms with van der Waals surface area (Å²) in [7, 11) is 0. The average Bonchev–Trinajstić information content (AvgIpc) is 2.36. The van der Waals surface area contributed by atoms with E-state index >= 15 is 0 Å². The van der Waals surface area contributed by atoms with Gasteiger partial charge in [-0.05, 0) is 18.2 Å². The van der Waals surface area contributed by atoms with Crippen LogP contribution in [0.15, 0.2) is 18.2 Å². The van der Waals surface area contributed by atoms with Crippen LogP contribution in [0.1, 0.15) is 0 Å². The van der Waals surface area contributed by atoms with Crippen molar-refractivity contribution in [2.24, 2.45) is 0 Å². The Morgan fingerprint density at radius 3 is 2.44 bits per heavy atom. The van der Waals surface area contributed by atoms with Crippen LogP contribution in [0, 0.1) is 0 Å². The van der Waals surface area contributed by atoms with Gasteiger partial charge in [-0.25, -0.2) is 0 Å². The van der Waals surface area contributed by atoms with E-state index in [2.05, 4.69) is 5.32 Å². The predicted octanol–water partition coefficient (Wildman–Crippen LogP) is 2.26. The molecule has 0 spiro atoms. The van der Waals surface area contributed by atoms with E-state index < -0.39 is 0 Å². The third kappa shape index (κ3) is 3.77. The summed E-state index contributed by atoms with van der Waals surface area (Å²) in [6.07, 6.45) is 0. The van der Waals surface area contributed by atoms with Gasteiger partial charge in [0.25, 0.3) is 0 Å². The highest BCUT2D eigenvalue weighted by Crippen LogP contribution is 2.22. The molecule has 4 nitrogen and oxygen atoms in total. The molecule has 1 fully saturated rings. The number of rotatable bonds is 3. The Labute approximate surface area is 116 Å². The summed E-state index contributed by atoms with van der Waals surface area (Å²) in [5.41, 5.74) is 0.745.